The Hall–Kier alpha value is -1.45. The molecule has 1 nitrogen and oxygen atoms in total. The van der Waals surface area contributed by atoms with Crippen molar-refractivity contribution in [2.24, 2.45) is 0 Å². The van der Waals surface area contributed by atoms with Crippen molar-refractivity contribution in [3.63, 3.8) is 0 Å². The van der Waals surface area contributed by atoms with Crippen molar-refractivity contribution in [1.82, 2.24) is 5.32 Å². The molecule has 21 heavy (non-hydrogen) atoms. The van der Waals surface area contributed by atoms with Crippen molar-refractivity contribution in [2.45, 2.75) is 32.4 Å². The zero-order valence-electron chi connectivity index (χ0n) is 12.0. The van der Waals surface area contributed by atoms with Gasteiger partial charge >= 0.3 is 0 Å². The Morgan fingerprint density at radius 1 is 1.10 bits per heavy atom. The second-order valence-corrected chi connectivity index (χ2v) is 5.48. The predicted octanol–water partition coefficient (Wildman–Crippen LogP) is 5.42. The molecule has 0 saturated carbocycles. The Morgan fingerprint density at radius 2 is 1.71 bits per heavy atom. The molecule has 0 aliphatic carbocycles. The van der Waals surface area contributed by atoms with Crippen LogP contribution in [0.4, 0.5) is 8.78 Å². The van der Waals surface area contributed by atoms with Gasteiger partial charge in [0.15, 0.2) is 0 Å². The molecule has 0 amide bonds. The lowest BCUT2D eigenvalue weighted by atomic mass is 10.0. The highest BCUT2D eigenvalue weighted by Crippen LogP contribution is 2.26. The molecule has 0 saturated heterocycles. The zero-order valence-corrected chi connectivity index (χ0v) is 12.8. The van der Waals surface area contributed by atoms with Crippen LogP contribution < -0.4 is 5.32 Å². The van der Waals surface area contributed by atoms with Crippen LogP contribution in [0.2, 0.25) is 5.02 Å². The van der Waals surface area contributed by atoms with E-state index in [1.54, 1.807) is 13.0 Å². The molecule has 0 bridgehead atoms. The highest BCUT2D eigenvalue weighted by molar-refractivity contribution is 6.30. The fraction of sp³-hybridized carbons (Fsp3) is 0.294. The lowest BCUT2D eigenvalue weighted by molar-refractivity contribution is 0.426. The van der Waals surface area contributed by atoms with Crippen LogP contribution in [0.1, 0.15) is 43.5 Å². The van der Waals surface area contributed by atoms with Gasteiger partial charge in [-0.25, -0.2) is 8.78 Å². The van der Waals surface area contributed by atoms with Crippen molar-refractivity contribution in [3.05, 3.63) is 70.2 Å². The van der Waals surface area contributed by atoms with E-state index in [1.165, 1.54) is 18.2 Å². The molecule has 2 aromatic carbocycles. The molecule has 0 aliphatic rings. The van der Waals surface area contributed by atoms with Gasteiger partial charge in [0.1, 0.15) is 11.6 Å². The van der Waals surface area contributed by atoms with Crippen LogP contribution in [-0.2, 0) is 0 Å². The Bertz CT molecular complexity index is 595. The minimum Gasteiger partial charge on any atom is -0.303 e. The van der Waals surface area contributed by atoms with Crippen LogP contribution >= 0.6 is 11.6 Å². The smallest absolute Gasteiger partial charge is 0.130 e. The maximum atomic E-state index is 13.8. The van der Waals surface area contributed by atoms with Crippen molar-refractivity contribution < 1.29 is 8.78 Å². The van der Waals surface area contributed by atoms with E-state index in [0.717, 1.165) is 12.0 Å². The van der Waals surface area contributed by atoms with Gasteiger partial charge in [-0.3, -0.25) is 0 Å². The summed E-state index contributed by atoms with van der Waals surface area (Å²) in [6.45, 7) is 3.78. The van der Waals surface area contributed by atoms with E-state index < -0.39 is 17.7 Å². The summed E-state index contributed by atoms with van der Waals surface area (Å²) in [6.07, 6.45) is 0.792. The van der Waals surface area contributed by atoms with Gasteiger partial charge in [-0.1, -0.05) is 36.7 Å². The van der Waals surface area contributed by atoms with Gasteiger partial charge in [0.25, 0.3) is 0 Å². The second kappa shape index (κ2) is 7.01. The number of hydrogen-bond donors (Lipinski definition) is 1. The van der Waals surface area contributed by atoms with Gasteiger partial charge in [-0.15, -0.1) is 0 Å². The van der Waals surface area contributed by atoms with E-state index in [9.17, 15) is 8.78 Å². The first-order chi connectivity index (χ1) is 10.0. The normalized spacial score (nSPS) is 14.0. The minimum absolute atomic E-state index is 0.0160. The summed E-state index contributed by atoms with van der Waals surface area (Å²) in [4.78, 5) is 0. The molecule has 2 unspecified atom stereocenters. The zero-order chi connectivity index (χ0) is 15.4. The Morgan fingerprint density at radius 3 is 2.29 bits per heavy atom. The second-order valence-electron chi connectivity index (χ2n) is 5.04. The van der Waals surface area contributed by atoms with Gasteiger partial charge in [0.2, 0.25) is 0 Å². The molecular formula is C17H18ClF2N. The van der Waals surface area contributed by atoms with E-state index in [1.807, 2.05) is 25.1 Å². The van der Waals surface area contributed by atoms with E-state index >= 15 is 0 Å². The summed E-state index contributed by atoms with van der Waals surface area (Å²) in [5.41, 5.74) is 1.08. The molecule has 2 rings (SSSR count). The quantitative estimate of drug-likeness (QED) is 0.777. The molecule has 112 valence electrons. The third kappa shape index (κ3) is 3.80. The Balaban J connectivity index is 2.22. The fourth-order valence-electron chi connectivity index (χ4n) is 2.48. The molecule has 0 spiro atoms. The third-order valence-corrected chi connectivity index (χ3v) is 3.78. The highest BCUT2D eigenvalue weighted by atomic mass is 35.5. The number of hydrogen-bond acceptors (Lipinski definition) is 1. The number of rotatable bonds is 5. The maximum Gasteiger partial charge on any atom is 0.130 e. The van der Waals surface area contributed by atoms with Crippen LogP contribution in [-0.4, -0.2) is 0 Å². The number of nitrogens with one attached hydrogen (secondary N) is 1. The Kier molecular flexibility index (Phi) is 5.32. The summed E-state index contributed by atoms with van der Waals surface area (Å²) >= 11 is 6.00. The molecule has 1 N–H and O–H groups in total. The minimum atomic E-state index is -0.532. The summed E-state index contributed by atoms with van der Waals surface area (Å²) in [5.74, 6) is -1.06. The summed E-state index contributed by atoms with van der Waals surface area (Å²) in [7, 11) is 0. The number of halogens is 3. The lowest BCUT2D eigenvalue weighted by Gasteiger charge is -2.24. The average molecular weight is 310 g/mol. The van der Waals surface area contributed by atoms with Crippen molar-refractivity contribution >= 4 is 11.6 Å². The first-order valence-corrected chi connectivity index (χ1v) is 7.36. The van der Waals surface area contributed by atoms with Gasteiger partial charge in [0, 0.05) is 22.7 Å². The molecular weight excluding hydrogens is 292 g/mol. The molecule has 0 aliphatic heterocycles. The summed E-state index contributed by atoms with van der Waals surface area (Å²) < 4.78 is 27.6. The topological polar surface area (TPSA) is 12.0 Å². The molecule has 4 heteroatoms. The van der Waals surface area contributed by atoms with Crippen molar-refractivity contribution in [2.75, 3.05) is 0 Å². The molecule has 0 aromatic heterocycles. The highest BCUT2D eigenvalue weighted by Gasteiger charge is 2.19. The van der Waals surface area contributed by atoms with Gasteiger partial charge in [0.05, 0.1) is 0 Å². The SMILES string of the molecule is CCC(NC(C)c1c(F)cccc1F)c1cccc(Cl)c1. The molecule has 2 aromatic rings. The molecule has 0 fully saturated rings. The molecule has 0 heterocycles. The van der Waals surface area contributed by atoms with Crippen LogP contribution in [0.15, 0.2) is 42.5 Å². The average Bonchev–Trinajstić information content (AvgIpc) is 2.44. The number of benzene rings is 2. The van der Waals surface area contributed by atoms with E-state index in [2.05, 4.69) is 5.32 Å². The standard InChI is InChI=1S/C17H18ClF2N/c1-3-16(12-6-4-7-13(18)10-12)21-11(2)17-14(19)8-5-9-15(17)20/h4-11,16,21H,3H2,1-2H3. The van der Waals surface area contributed by atoms with Crippen LogP contribution in [0.25, 0.3) is 0 Å². The summed E-state index contributed by atoms with van der Waals surface area (Å²) in [5, 5.41) is 3.92. The largest absolute Gasteiger partial charge is 0.303 e. The summed E-state index contributed by atoms with van der Waals surface area (Å²) in [6, 6.07) is 11.0. The van der Waals surface area contributed by atoms with Crippen molar-refractivity contribution in [3.8, 4) is 0 Å². The van der Waals surface area contributed by atoms with Gasteiger partial charge in [-0.2, -0.15) is 0 Å². The van der Waals surface area contributed by atoms with E-state index in [0.29, 0.717) is 5.02 Å². The first kappa shape index (κ1) is 15.9. The van der Waals surface area contributed by atoms with E-state index in [-0.39, 0.29) is 11.6 Å². The van der Waals surface area contributed by atoms with Crippen LogP contribution in [0, 0.1) is 11.6 Å². The fourth-order valence-corrected chi connectivity index (χ4v) is 2.68. The van der Waals surface area contributed by atoms with Crippen molar-refractivity contribution in [1.29, 1.82) is 0 Å². The van der Waals surface area contributed by atoms with Crippen LogP contribution in [0.3, 0.4) is 0 Å². The molecule has 2 atom stereocenters. The maximum absolute atomic E-state index is 13.8. The molecule has 0 radical (unpaired) electrons. The Labute approximate surface area is 128 Å². The first-order valence-electron chi connectivity index (χ1n) is 6.98. The monoisotopic (exact) mass is 309 g/mol. The van der Waals surface area contributed by atoms with E-state index in [4.69, 9.17) is 11.6 Å². The third-order valence-electron chi connectivity index (χ3n) is 3.54. The van der Waals surface area contributed by atoms with Gasteiger partial charge < -0.3 is 5.32 Å². The van der Waals surface area contributed by atoms with Gasteiger partial charge in [-0.05, 0) is 43.2 Å². The lowest BCUT2D eigenvalue weighted by Crippen LogP contribution is -2.25. The van der Waals surface area contributed by atoms with Crippen LogP contribution in [0.5, 0.6) is 0 Å². The predicted molar refractivity (Wildman–Crippen MR) is 82.4 cm³/mol.